The van der Waals surface area contributed by atoms with Gasteiger partial charge in [-0.25, -0.2) is 8.42 Å². The van der Waals surface area contributed by atoms with Crippen LogP contribution in [-0.4, -0.2) is 26.6 Å². The number of benzene rings is 2. The molecule has 0 bridgehead atoms. The van der Waals surface area contributed by atoms with Gasteiger partial charge in [0.05, 0.1) is 23.5 Å². The summed E-state index contributed by atoms with van der Waals surface area (Å²) in [6, 6.07) is 8.33. The monoisotopic (exact) mass is 454 g/mol. The second-order valence-electron chi connectivity index (χ2n) is 7.89. The van der Waals surface area contributed by atoms with E-state index in [9.17, 15) is 26.4 Å². The number of hydrogen-bond donors (Lipinski definition) is 1. The molecule has 0 saturated heterocycles. The fourth-order valence-electron chi connectivity index (χ4n) is 3.91. The van der Waals surface area contributed by atoms with E-state index in [-0.39, 0.29) is 11.7 Å². The molecule has 1 aliphatic rings. The summed E-state index contributed by atoms with van der Waals surface area (Å²) < 4.78 is 64.8. The fourth-order valence-corrected chi connectivity index (χ4v) is 5.07. The maximum atomic E-state index is 13.1. The normalized spacial score (nSPS) is 15.8. The number of aryl methyl sites for hydroxylation is 2. The molecule has 2 aromatic rings. The van der Waals surface area contributed by atoms with Crippen molar-refractivity contribution in [2.75, 3.05) is 10.6 Å². The minimum Gasteiger partial charge on any atom is -0.348 e. The molecule has 3 rings (SSSR count). The summed E-state index contributed by atoms with van der Waals surface area (Å²) in [7, 11) is -4.03. The summed E-state index contributed by atoms with van der Waals surface area (Å²) in [4.78, 5) is 12.9. The standard InChI is InChI=1S/C22H25F3N2O3S/c1-14(17-11-10-16-6-4-7-18(16)12-17)26-21(28)15(2)27(31(3,29)30)20-9-5-8-19(13-20)22(23,24)25/h5,8-15H,4,6-7H2,1-3H3,(H,26,28). The van der Waals surface area contributed by atoms with Crippen molar-refractivity contribution in [1.29, 1.82) is 0 Å². The number of fused-ring (bicyclic) bond motifs is 1. The van der Waals surface area contributed by atoms with E-state index in [0.717, 1.165) is 49.3 Å². The van der Waals surface area contributed by atoms with Gasteiger partial charge < -0.3 is 5.32 Å². The number of halogens is 3. The van der Waals surface area contributed by atoms with Crippen LogP contribution in [0.15, 0.2) is 42.5 Å². The van der Waals surface area contributed by atoms with Gasteiger partial charge in [-0.3, -0.25) is 9.10 Å². The van der Waals surface area contributed by atoms with Gasteiger partial charge in [-0.15, -0.1) is 0 Å². The number of hydrogen-bond acceptors (Lipinski definition) is 3. The molecule has 2 unspecified atom stereocenters. The topological polar surface area (TPSA) is 66.5 Å². The van der Waals surface area contributed by atoms with Crippen LogP contribution >= 0.6 is 0 Å². The van der Waals surface area contributed by atoms with E-state index < -0.39 is 33.7 Å². The first-order valence-electron chi connectivity index (χ1n) is 9.96. The van der Waals surface area contributed by atoms with Crippen molar-refractivity contribution in [3.63, 3.8) is 0 Å². The predicted octanol–water partition coefficient (Wildman–Crippen LogP) is 4.23. The Bertz CT molecular complexity index is 1080. The first kappa shape index (κ1) is 23.1. The molecular weight excluding hydrogens is 429 g/mol. The van der Waals surface area contributed by atoms with E-state index in [1.807, 2.05) is 18.2 Å². The Morgan fingerprint density at radius 3 is 2.39 bits per heavy atom. The molecule has 9 heteroatoms. The summed E-state index contributed by atoms with van der Waals surface area (Å²) in [5, 5.41) is 2.79. The predicted molar refractivity (Wildman–Crippen MR) is 113 cm³/mol. The van der Waals surface area contributed by atoms with Gasteiger partial charge in [-0.05, 0) is 68.0 Å². The fraction of sp³-hybridized carbons (Fsp3) is 0.409. The number of carbonyl (C=O) groups excluding carboxylic acids is 1. The molecule has 1 aliphatic carbocycles. The zero-order chi connectivity index (χ0) is 23.0. The van der Waals surface area contributed by atoms with Gasteiger partial charge in [0.2, 0.25) is 15.9 Å². The highest BCUT2D eigenvalue weighted by Crippen LogP contribution is 2.33. The van der Waals surface area contributed by atoms with Gasteiger partial charge in [-0.2, -0.15) is 13.2 Å². The molecule has 0 radical (unpaired) electrons. The lowest BCUT2D eigenvalue weighted by atomic mass is 10.0. The number of nitrogens with zero attached hydrogens (tertiary/aromatic N) is 1. The van der Waals surface area contributed by atoms with Crippen molar-refractivity contribution in [1.82, 2.24) is 5.32 Å². The second kappa shape index (κ2) is 8.53. The van der Waals surface area contributed by atoms with E-state index in [0.29, 0.717) is 4.31 Å². The van der Waals surface area contributed by atoms with E-state index >= 15 is 0 Å². The second-order valence-corrected chi connectivity index (χ2v) is 9.75. The lowest BCUT2D eigenvalue weighted by Gasteiger charge is -2.29. The number of carbonyl (C=O) groups is 1. The van der Waals surface area contributed by atoms with Crippen LogP contribution in [0.2, 0.25) is 0 Å². The minimum atomic E-state index is -4.63. The van der Waals surface area contributed by atoms with Crippen LogP contribution in [0.5, 0.6) is 0 Å². The summed E-state index contributed by atoms with van der Waals surface area (Å²) in [5.41, 5.74) is 2.23. The smallest absolute Gasteiger partial charge is 0.348 e. The van der Waals surface area contributed by atoms with E-state index in [4.69, 9.17) is 0 Å². The Morgan fingerprint density at radius 2 is 1.74 bits per heavy atom. The van der Waals surface area contributed by atoms with Crippen molar-refractivity contribution < 1.29 is 26.4 Å². The maximum absolute atomic E-state index is 13.1. The van der Waals surface area contributed by atoms with Crippen LogP contribution in [-0.2, 0) is 33.8 Å². The van der Waals surface area contributed by atoms with E-state index in [1.54, 1.807) is 6.92 Å². The Hall–Kier alpha value is -2.55. The summed E-state index contributed by atoms with van der Waals surface area (Å²) in [6.45, 7) is 3.14. The molecule has 0 spiro atoms. The molecule has 2 aromatic carbocycles. The first-order valence-corrected chi connectivity index (χ1v) is 11.8. The lowest BCUT2D eigenvalue weighted by molar-refractivity contribution is -0.137. The van der Waals surface area contributed by atoms with Gasteiger partial charge in [-0.1, -0.05) is 24.3 Å². The third-order valence-corrected chi connectivity index (χ3v) is 6.74. The van der Waals surface area contributed by atoms with Gasteiger partial charge in [0, 0.05) is 0 Å². The van der Waals surface area contributed by atoms with E-state index in [2.05, 4.69) is 5.32 Å². The minimum absolute atomic E-state index is 0.217. The van der Waals surface area contributed by atoms with Gasteiger partial charge in [0.1, 0.15) is 6.04 Å². The SMILES string of the molecule is CC(NC(=O)C(C)N(c1cccc(C(F)(F)F)c1)S(C)(=O)=O)c1ccc2c(c1)CCC2. The van der Waals surface area contributed by atoms with Crippen LogP contribution < -0.4 is 9.62 Å². The largest absolute Gasteiger partial charge is 0.416 e. The number of amides is 1. The number of alkyl halides is 3. The van der Waals surface area contributed by atoms with Gasteiger partial charge >= 0.3 is 6.18 Å². The average Bonchev–Trinajstić information content (AvgIpc) is 3.14. The average molecular weight is 455 g/mol. The third-order valence-electron chi connectivity index (χ3n) is 5.50. The van der Waals surface area contributed by atoms with Crippen LogP contribution in [0.25, 0.3) is 0 Å². The highest BCUT2D eigenvalue weighted by Gasteiger charge is 2.34. The number of nitrogens with one attached hydrogen (secondary N) is 1. The Kier molecular flexibility index (Phi) is 6.36. The highest BCUT2D eigenvalue weighted by atomic mass is 32.2. The molecule has 0 aromatic heterocycles. The molecule has 2 atom stereocenters. The molecule has 1 N–H and O–H groups in total. The maximum Gasteiger partial charge on any atom is 0.416 e. The van der Waals surface area contributed by atoms with Crippen molar-refractivity contribution in [3.05, 3.63) is 64.7 Å². The summed E-state index contributed by atoms with van der Waals surface area (Å²) in [5.74, 6) is -0.601. The van der Waals surface area contributed by atoms with Crippen molar-refractivity contribution in [2.45, 2.75) is 51.4 Å². The van der Waals surface area contributed by atoms with Crippen LogP contribution in [0.4, 0.5) is 18.9 Å². The Morgan fingerprint density at radius 1 is 1.06 bits per heavy atom. The Labute approximate surface area is 180 Å². The molecule has 0 heterocycles. The van der Waals surface area contributed by atoms with Crippen LogP contribution in [0.1, 0.15) is 48.6 Å². The molecule has 1 amide bonds. The van der Waals surface area contributed by atoms with Gasteiger partial charge in [0.25, 0.3) is 0 Å². The summed E-state index contributed by atoms with van der Waals surface area (Å²) >= 11 is 0. The molecule has 0 saturated carbocycles. The number of rotatable bonds is 6. The zero-order valence-corrected chi connectivity index (χ0v) is 18.3. The van der Waals surface area contributed by atoms with Crippen LogP contribution in [0.3, 0.4) is 0 Å². The zero-order valence-electron chi connectivity index (χ0n) is 17.5. The van der Waals surface area contributed by atoms with Gasteiger partial charge in [0.15, 0.2) is 0 Å². The van der Waals surface area contributed by atoms with Crippen molar-refractivity contribution in [3.8, 4) is 0 Å². The van der Waals surface area contributed by atoms with E-state index in [1.165, 1.54) is 24.1 Å². The molecule has 0 aliphatic heterocycles. The summed E-state index contributed by atoms with van der Waals surface area (Å²) in [6.07, 6.45) is -0.657. The van der Waals surface area contributed by atoms with Crippen molar-refractivity contribution in [2.24, 2.45) is 0 Å². The Balaban J connectivity index is 1.83. The molecule has 168 valence electrons. The first-order chi connectivity index (χ1) is 14.4. The van der Waals surface area contributed by atoms with Crippen LogP contribution in [0, 0.1) is 0 Å². The molecular formula is C22H25F3N2O3S. The molecule has 5 nitrogen and oxygen atoms in total. The lowest BCUT2D eigenvalue weighted by Crippen LogP contribution is -2.48. The third kappa shape index (κ3) is 5.20. The number of anilines is 1. The van der Waals surface area contributed by atoms with Crippen molar-refractivity contribution >= 4 is 21.6 Å². The quantitative estimate of drug-likeness (QED) is 0.711. The molecule has 31 heavy (non-hydrogen) atoms. The highest BCUT2D eigenvalue weighted by molar-refractivity contribution is 7.92. The molecule has 0 fully saturated rings. The number of sulfonamides is 1.